The minimum Gasteiger partial charge on any atom is -0.481 e. The molecule has 1 rings (SSSR count). The molecule has 0 radical (unpaired) electrons. The SMILES string of the molecule is CCCCOC(C)C(=O)N1CCCCC1CCC(=O)O. The second-order valence-corrected chi connectivity index (χ2v) is 5.48. The maximum absolute atomic E-state index is 12.4. The van der Waals surface area contributed by atoms with Crippen molar-refractivity contribution in [2.24, 2.45) is 0 Å². The number of hydrogen-bond acceptors (Lipinski definition) is 3. The van der Waals surface area contributed by atoms with Crippen molar-refractivity contribution in [2.45, 2.75) is 70.9 Å². The van der Waals surface area contributed by atoms with Crippen LogP contribution < -0.4 is 0 Å². The number of hydrogen-bond donors (Lipinski definition) is 1. The third-order valence-electron chi connectivity index (χ3n) is 3.82. The van der Waals surface area contributed by atoms with Gasteiger partial charge >= 0.3 is 5.97 Å². The summed E-state index contributed by atoms with van der Waals surface area (Å²) in [5.74, 6) is -0.786. The number of unbranched alkanes of at least 4 members (excludes halogenated alkanes) is 1. The Labute approximate surface area is 121 Å². The molecule has 1 amide bonds. The Balaban J connectivity index is 2.50. The van der Waals surface area contributed by atoms with Crippen molar-refractivity contribution in [3.63, 3.8) is 0 Å². The van der Waals surface area contributed by atoms with Crippen LogP contribution in [0.25, 0.3) is 0 Å². The van der Waals surface area contributed by atoms with Gasteiger partial charge in [-0.2, -0.15) is 0 Å². The second-order valence-electron chi connectivity index (χ2n) is 5.48. The van der Waals surface area contributed by atoms with Crippen LogP contribution in [-0.2, 0) is 14.3 Å². The molecule has 5 heteroatoms. The van der Waals surface area contributed by atoms with Gasteiger partial charge in [-0.05, 0) is 39.0 Å². The molecule has 0 aliphatic carbocycles. The molecule has 5 nitrogen and oxygen atoms in total. The van der Waals surface area contributed by atoms with Gasteiger partial charge in [-0.15, -0.1) is 0 Å². The van der Waals surface area contributed by atoms with E-state index in [0.29, 0.717) is 13.0 Å². The van der Waals surface area contributed by atoms with Gasteiger partial charge in [0.05, 0.1) is 0 Å². The number of piperidine rings is 1. The van der Waals surface area contributed by atoms with Gasteiger partial charge in [0.2, 0.25) is 0 Å². The lowest BCUT2D eigenvalue weighted by Gasteiger charge is -2.37. The third-order valence-corrected chi connectivity index (χ3v) is 3.82. The molecule has 2 unspecified atom stereocenters. The first-order valence-electron chi connectivity index (χ1n) is 7.70. The third kappa shape index (κ3) is 5.49. The molecule has 116 valence electrons. The summed E-state index contributed by atoms with van der Waals surface area (Å²) in [6, 6.07) is 0.0598. The van der Waals surface area contributed by atoms with E-state index < -0.39 is 12.1 Å². The fourth-order valence-corrected chi connectivity index (χ4v) is 2.59. The summed E-state index contributed by atoms with van der Waals surface area (Å²) in [5.41, 5.74) is 0. The van der Waals surface area contributed by atoms with Crippen molar-refractivity contribution in [3.05, 3.63) is 0 Å². The summed E-state index contributed by atoms with van der Waals surface area (Å²) in [6.07, 6.45) is 5.22. The number of aliphatic carboxylic acids is 1. The Morgan fingerprint density at radius 1 is 1.40 bits per heavy atom. The molecule has 0 aromatic rings. The van der Waals surface area contributed by atoms with Gasteiger partial charge in [-0.25, -0.2) is 0 Å². The highest BCUT2D eigenvalue weighted by atomic mass is 16.5. The van der Waals surface area contributed by atoms with Crippen molar-refractivity contribution < 1.29 is 19.4 Å². The Morgan fingerprint density at radius 3 is 2.80 bits per heavy atom. The van der Waals surface area contributed by atoms with Gasteiger partial charge < -0.3 is 14.7 Å². The van der Waals surface area contributed by atoms with Crippen molar-refractivity contribution in [1.82, 2.24) is 4.90 Å². The molecule has 1 aliphatic heterocycles. The summed E-state index contributed by atoms with van der Waals surface area (Å²) < 4.78 is 5.56. The highest BCUT2D eigenvalue weighted by molar-refractivity contribution is 5.81. The van der Waals surface area contributed by atoms with Gasteiger partial charge in [0.1, 0.15) is 6.10 Å². The fraction of sp³-hybridized carbons (Fsp3) is 0.867. The van der Waals surface area contributed by atoms with Gasteiger partial charge in [0.15, 0.2) is 0 Å². The predicted molar refractivity (Wildman–Crippen MR) is 76.5 cm³/mol. The van der Waals surface area contributed by atoms with Crippen molar-refractivity contribution in [1.29, 1.82) is 0 Å². The summed E-state index contributed by atoms with van der Waals surface area (Å²) in [5, 5.41) is 8.79. The molecule has 0 bridgehead atoms. The number of carbonyl (C=O) groups excluding carboxylic acids is 1. The summed E-state index contributed by atoms with van der Waals surface area (Å²) >= 11 is 0. The van der Waals surface area contributed by atoms with Crippen molar-refractivity contribution in [3.8, 4) is 0 Å². The average molecular weight is 285 g/mol. The highest BCUT2D eigenvalue weighted by Gasteiger charge is 2.30. The number of carboxylic acid groups (broad SMARTS) is 1. The smallest absolute Gasteiger partial charge is 0.303 e. The summed E-state index contributed by atoms with van der Waals surface area (Å²) in [4.78, 5) is 24.9. The molecular formula is C15H27NO4. The molecule has 0 aromatic carbocycles. The lowest BCUT2D eigenvalue weighted by atomic mass is 9.97. The highest BCUT2D eigenvalue weighted by Crippen LogP contribution is 2.22. The Hall–Kier alpha value is -1.10. The van der Waals surface area contributed by atoms with Crippen molar-refractivity contribution in [2.75, 3.05) is 13.2 Å². The van der Waals surface area contributed by atoms with E-state index in [1.165, 1.54) is 0 Å². The zero-order valence-electron chi connectivity index (χ0n) is 12.6. The minimum absolute atomic E-state index is 0.0104. The lowest BCUT2D eigenvalue weighted by molar-refractivity contribution is -0.148. The van der Waals surface area contributed by atoms with E-state index in [9.17, 15) is 9.59 Å². The molecule has 1 saturated heterocycles. The van der Waals surface area contributed by atoms with E-state index in [-0.39, 0.29) is 18.4 Å². The first-order valence-corrected chi connectivity index (χ1v) is 7.70. The zero-order valence-corrected chi connectivity index (χ0v) is 12.6. The van der Waals surface area contributed by atoms with Gasteiger partial charge in [0, 0.05) is 25.6 Å². The van der Waals surface area contributed by atoms with Gasteiger partial charge in [-0.1, -0.05) is 13.3 Å². The number of carbonyl (C=O) groups is 2. The fourth-order valence-electron chi connectivity index (χ4n) is 2.59. The second kappa shape index (κ2) is 8.95. The van der Waals surface area contributed by atoms with Crippen LogP contribution in [0.1, 0.15) is 58.8 Å². The van der Waals surface area contributed by atoms with E-state index >= 15 is 0 Å². The Bertz CT molecular complexity index is 319. The van der Waals surface area contributed by atoms with E-state index in [2.05, 4.69) is 6.92 Å². The maximum Gasteiger partial charge on any atom is 0.303 e. The Morgan fingerprint density at radius 2 is 2.15 bits per heavy atom. The van der Waals surface area contributed by atoms with Crippen LogP contribution in [0.3, 0.4) is 0 Å². The quantitative estimate of drug-likeness (QED) is 0.696. The monoisotopic (exact) mass is 285 g/mol. The number of nitrogens with zero attached hydrogens (tertiary/aromatic N) is 1. The van der Waals surface area contributed by atoms with Crippen LogP contribution in [0.15, 0.2) is 0 Å². The molecule has 1 aliphatic rings. The minimum atomic E-state index is -0.796. The molecule has 1 fully saturated rings. The number of ether oxygens (including phenoxy) is 1. The van der Waals surface area contributed by atoms with Crippen LogP contribution in [0.5, 0.6) is 0 Å². The van der Waals surface area contributed by atoms with Crippen LogP contribution >= 0.6 is 0 Å². The van der Waals surface area contributed by atoms with E-state index in [1.807, 2.05) is 4.90 Å². The van der Waals surface area contributed by atoms with Crippen LogP contribution in [0, 0.1) is 0 Å². The molecule has 1 N–H and O–H groups in total. The first-order chi connectivity index (χ1) is 9.56. The molecule has 1 heterocycles. The van der Waals surface area contributed by atoms with E-state index in [4.69, 9.17) is 9.84 Å². The summed E-state index contributed by atoms with van der Waals surface area (Å²) in [7, 11) is 0. The topological polar surface area (TPSA) is 66.8 Å². The molecule has 0 saturated carbocycles. The standard InChI is InChI=1S/C15H27NO4/c1-3-4-11-20-12(2)15(19)16-10-6-5-7-13(16)8-9-14(17)18/h12-13H,3-11H2,1-2H3,(H,17,18). The number of amides is 1. The van der Waals surface area contributed by atoms with E-state index in [0.717, 1.165) is 38.6 Å². The van der Waals surface area contributed by atoms with Crippen molar-refractivity contribution >= 4 is 11.9 Å². The molecule has 20 heavy (non-hydrogen) atoms. The first kappa shape index (κ1) is 17.0. The Kier molecular flexibility index (Phi) is 7.59. The van der Waals surface area contributed by atoms with Gasteiger partial charge in [-0.3, -0.25) is 9.59 Å². The number of carboxylic acids is 1. The van der Waals surface area contributed by atoms with Gasteiger partial charge in [0.25, 0.3) is 5.91 Å². The molecule has 0 aromatic heterocycles. The zero-order chi connectivity index (χ0) is 15.0. The van der Waals surface area contributed by atoms with Crippen LogP contribution in [0.2, 0.25) is 0 Å². The normalized spacial score (nSPS) is 20.7. The number of likely N-dealkylation sites (tertiary alicyclic amines) is 1. The molecule has 2 atom stereocenters. The van der Waals surface area contributed by atoms with Crippen LogP contribution in [-0.4, -0.2) is 47.2 Å². The maximum atomic E-state index is 12.4. The summed E-state index contributed by atoms with van der Waals surface area (Å²) in [6.45, 7) is 5.21. The predicted octanol–water partition coefficient (Wildman–Crippen LogP) is 2.44. The largest absolute Gasteiger partial charge is 0.481 e. The van der Waals surface area contributed by atoms with E-state index in [1.54, 1.807) is 6.92 Å². The number of rotatable bonds is 8. The average Bonchev–Trinajstić information content (AvgIpc) is 2.44. The molecule has 0 spiro atoms. The molecular weight excluding hydrogens is 258 g/mol. The lowest BCUT2D eigenvalue weighted by Crippen LogP contribution is -2.48. The van der Waals surface area contributed by atoms with Crippen LogP contribution in [0.4, 0.5) is 0 Å².